The van der Waals surface area contributed by atoms with Crippen LogP contribution in [-0.2, 0) is 6.54 Å². The van der Waals surface area contributed by atoms with Crippen molar-refractivity contribution in [1.82, 2.24) is 19.9 Å². The monoisotopic (exact) mass is 417 g/mol. The highest BCUT2D eigenvalue weighted by Gasteiger charge is 2.29. The minimum Gasteiger partial charge on any atom is -0.383 e. The molecule has 0 atom stereocenters. The maximum absolute atomic E-state index is 14.0. The fraction of sp³-hybridized carbons (Fsp3) is 0.250. The number of hydrogen-bond acceptors (Lipinski definition) is 4. The molecule has 3 aromatic rings. The smallest absolute Gasteiger partial charge is 0.383 e. The lowest BCUT2D eigenvalue weighted by atomic mass is 10.1. The minimum absolute atomic E-state index is 0.00660. The molecule has 6 nitrogen and oxygen atoms in total. The summed E-state index contributed by atoms with van der Waals surface area (Å²) in [5, 5.41) is 2.94. The van der Waals surface area contributed by atoms with Gasteiger partial charge in [-0.3, -0.25) is 4.79 Å². The molecule has 0 aliphatic heterocycles. The zero-order chi connectivity index (χ0) is 21.5. The third-order valence-corrected chi connectivity index (χ3v) is 4.45. The number of rotatable bonds is 3. The van der Waals surface area contributed by atoms with E-state index in [9.17, 15) is 22.4 Å². The second kappa shape index (κ2) is 7.33. The number of nitrogens with one attached hydrogen (secondary N) is 1. The number of aromatic nitrogens is 3. The van der Waals surface area contributed by atoms with E-state index in [0.717, 1.165) is 35.9 Å². The lowest BCUT2D eigenvalue weighted by Gasteiger charge is -2.07. The van der Waals surface area contributed by atoms with E-state index >= 15 is 0 Å². The molecular formula is C20H15F4N5O. The largest absolute Gasteiger partial charge is 0.406 e. The number of halogens is 4. The van der Waals surface area contributed by atoms with Gasteiger partial charge >= 0.3 is 6.18 Å². The SMILES string of the molecule is Nc1ncnc2c1c(C#Cc1cc(F)cc(C(=O)NC3CC3)c1)cn2CC(F)(F)F. The number of anilines is 1. The van der Waals surface area contributed by atoms with Crippen LogP contribution < -0.4 is 11.1 Å². The first-order valence-corrected chi connectivity index (χ1v) is 8.99. The van der Waals surface area contributed by atoms with Gasteiger partial charge in [-0.15, -0.1) is 0 Å². The van der Waals surface area contributed by atoms with Crippen LogP contribution in [0, 0.1) is 17.7 Å². The highest BCUT2D eigenvalue weighted by Crippen LogP contribution is 2.27. The van der Waals surface area contributed by atoms with Crippen molar-refractivity contribution in [2.45, 2.75) is 31.6 Å². The molecule has 1 saturated carbocycles. The molecule has 30 heavy (non-hydrogen) atoms. The number of nitrogens with zero attached hydrogens (tertiary/aromatic N) is 3. The average molecular weight is 417 g/mol. The summed E-state index contributed by atoms with van der Waals surface area (Å²) in [6, 6.07) is 3.76. The van der Waals surface area contributed by atoms with E-state index in [4.69, 9.17) is 5.73 Å². The Kier molecular flexibility index (Phi) is 4.81. The average Bonchev–Trinajstić information content (AvgIpc) is 3.40. The Labute approximate surface area is 168 Å². The molecule has 1 aromatic carbocycles. The molecule has 1 aliphatic carbocycles. The van der Waals surface area contributed by atoms with Crippen molar-refractivity contribution in [2.75, 3.05) is 5.73 Å². The number of benzene rings is 1. The summed E-state index contributed by atoms with van der Waals surface area (Å²) in [5.41, 5.74) is 6.29. The van der Waals surface area contributed by atoms with Crippen molar-refractivity contribution < 1.29 is 22.4 Å². The first-order valence-electron chi connectivity index (χ1n) is 8.99. The van der Waals surface area contributed by atoms with Crippen molar-refractivity contribution in [3.63, 3.8) is 0 Å². The molecule has 3 N–H and O–H groups in total. The zero-order valence-corrected chi connectivity index (χ0v) is 15.4. The molecule has 1 fully saturated rings. The molecule has 0 spiro atoms. The standard InChI is InChI=1S/C20H15F4N5O/c21-14-6-11(5-13(7-14)19(30)28-15-3-4-15)1-2-12-8-29(9-20(22,23)24)18-16(12)17(25)26-10-27-18/h5-8,10,15H,3-4,9H2,(H,28,30)(H2,25,26,27). The topological polar surface area (TPSA) is 85.8 Å². The minimum atomic E-state index is -4.47. The van der Waals surface area contributed by atoms with Crippen LogP contribution in [-0.4, -0.2) is 32.7 Å². The molecule has 0 saturated heterocycles. The number of amides is 1. The van der Waals surface area contributed by atoms with E-state index < -0.39 is 24.4 Å². The van der Waals surface area contributed by atoms with E-state index in [1.165, 1.54) is 12.3 Å². The van der Waals surface area contributed by atoms with Gasteiger partial charge in [0.15, 0.2) is 0 Å². The van der Waals surface area contributed by atoms with Gasteiger partial charge in [-0.2, -0.15) is 13.2 Å². The summed E-state index contributed by atoms with van der Waals surface area (Å²) in [7, 11) is 0. The molecule has 0 unspecified atom stereocenters. The Morgan fingerprint density at radius 2 is 2.00 bits per heavy atom. The fourth-order valence-electron chi connectivity index (χ4n) is 2.98. The lowest BCUT2D eigenvalue weighted by Crippen LogP contribution is -2.25. The van der Waals surface area contributed by atoms with Crippen LogP contribution in [0.15, 0.2) is 30.7 Å². The predicted octanol–water partition coefficient (Wildman–Crippen LogP) is 3.01. The highest BCUT2D eigenvalue weighted by atomic mass is 19.4. The number of nitrogen functional groups attached to an aromatic ring is 1. The molecule has 4 rings (SSSR count). The van der Waals surface area contributed by atoms with Crippen LogP contribution in [0.1, 0.15) is 34.3 Å². The summed E-state index contributed by atoms with van der Waals surface area (Å²) in [6.07, 6.45) is -0.448. The van der Waals surface area contributed by atoms with Crippen molar-refractivity contribution in [1.29, 1.82) is 0 Å². The van der Waals surface area contributed by atoms with E-state index in [1.54, 1.807) is 0 Å². The third-order valence-electron chi connectivity index (χ3n) is 4.45. The van der Waals surface area contributed by atoms with E-state index in [2.05, 4.69) is 27.1 Å². The van der Waals surface area contributed by atoms with Gasteiger partial charge in [0.1, 0.15) is 30.2 Å². The predicted molar refractivity (Wildman–Crippen MR) is 101 cm³/mol. The number of hydrogen-bond donors (Lipinski definition) is 2. The van der Waals surface area contributed by atoms with Gasteiger partial charge in [0.05, 0.1) is 10.9 Å². The van der Waals surface area contributed by atoms with Gasteiger partial charge in [-0.05, 0) is 31.0 Å². The molecular weight excluding hydrogens is 402 g/mol. The maximum atomic E-state index is 14.0. The van der Waals surface area contributed by atoms with Gasteiger partial charge < -0.3 is 15.6 Å². The van der Waals surface area contributed by atoms with E-state index in [0.29, 0.717) is 0 Å². The Hall–Kier alpha value is -3.61. The van der Waals surface area contributed by atoms with Crippen LogP contribution >= 0.6 is 0 Å². The quantitative estimate of drug-likeness (QED) is 0.507. The van der Waals surface area contributed by atoms with Gasteiger partial charge in [0.25, 0.3) is 5.91 Å². The summed E-state index contributed by atoms with van der Waals surface area (Å²) >= 11 is 0. The molecule has 2 aromatic heterocycles. The molecule has 0 bridgehead atoms. The van der Waals surface area contributed by atoms with Crippen LogP contribution in [0.5, 0.6) is 0 Å². The number of carbonyl (C=O) groups excluding carboxylic acids is 1. The summed E-state index contributed by atoms with van der Waals surface area (Å²) < 4.78 is 53.5. The van der Waals surface area contributed by atoms with Gasteiger partial charge in [-0.1, -0.05) is 11.8 Å². The Morgan fingerprint density at radius 1 is 1.23 bits per heavy atom. The first-order chi connectivity index (χ1) is 14.2. The molecule has 1 aliphatic rings. The number of carbonyl (C=O) groups is 1. The molecule has 10 heteroatoms. The van der Waals surface area contributed by atoms with Crippen LogP contribution in [0.25, 0.3) is 11.0 Å². The van der Waals surface area contributed by atoms with Crippen molar-refractivity contribution >= 4 is 22.8 Å². The van der Waals surface area contributed by atoms with Gasteiger partial charge in [0.2, 0.25) is 0 Å². The summed E-state index contributed by atoms with van der Waals surface area (Å²) in [4.78, 5) is 19.8. The normalized spacial score (nSPS) is 13.7. The number of fused-ring (bicyclic) bond motifs is 1. The highest BCUT2D eigenvalue weighted by molar-refractivity contribution is 5.95. The Balaban J connectivity index is 1.72. The number of alkyl halides is 3. The Bertz CT molecular complexity index is 1200. The maximum Gasteiger partial charge on any atom is 0.406 e. The molecule has 2 heterocycles. The van der Waals surface area contributed by atoms with Crippen molar-refractivity contribution in [3.05, 3.63) is 53.2 Å². The van der Waals surface area contributed by atoms with Crippen LogP contribution in [0.4, 0.5) is 23.4 Å². The fourth-order valence-corrected chi connectivity index (χ4v) is 2.98. The molecule has 0 radical (unpaired) electrons. The third kappa shape index (κ3) is 4.35. The summed E-state index contributed by atoms with van der Waals surface area (Å²) in [5.74, 6) is 4.32. The molecule has 154 valence electrons. The van der Waals surface area contributed by atoms with Gasteiger partial charge in [-0.25, -0.2) is 14.4 Å². The number of nitrogens with two attached hydrogens (primary N) is 1. The zero-order valence-electron chi connectivity index (χ0n) is 15.4. The second-order valence-corrected chi connectivity index (χ2v) is 6.97. The second-order valence-electron chi connectivity index (χ2n) is 6.97. The van der Waals surface area contributed by atoms with E-state index in [1.807, 2.05) is 0 Å². The van der Waals surface area contributed by atoms with Crippen molar-refractivity contribution in [2.24, 2.45) is 0 Å². The first kappa shape index (κ1) is 19.7. The van der Waals surface area contributed by atoms with Gasteiger partial charge in [0, 0.05) is 23.4 Å². The van der Waals surface area contributed by atoms with Crippen molar-refractivity contribution in [3.8, 4) is 11.8 Å². The van der Waals surface area contributed by atoms with Crippen LogP contribution in [0.3, 0.4) is 0 Å². The summed E-state index contributed by atoms with van der Waals surface area (Å²) in [6.45, 7) is -1.27. The Morgan fingerprint density at radius 3 is 2.70 bits per heavy atom. The molecule has 1 amide bonds. The lowest BCUT2D eigenvalue weighted by molar-refractivity contribution is -0.139. The van der Waals surface area contributed by atoms with E-state index in [-0.39, 0.29) is 39.6 Å². The van der Waals surface area contributed by atoms with Crippen LogP contribution in [0.2, 0.25) is 0 Å².